The molecule has 2 atom stereocenters. The van der Waals surface area contributed by atoms with Crippen molar-refractivity contribution in [2.45, 2.75) is 60.1 Å². The van der Waals surface area contributed by atoms with Crippen LogP contribution >= 0.6 is 0 Å². The number of carbonyl (C=O) groups excluding carboxylic acids is 1. The lowest BCUT2D eigenvalue weighted by Crippen LogP contribution is -2.46. The molecule has 1 aromatic carbocycles. The summed E-state index contributed by atoms with van der Waals surface area (Å²) in [6, 6.07) is 2.53. The van der Waals surface area contributed by atoms with E-state index in [1.54, 1.807) is 32.9 Å². The van der Waals surface area contributed by atoms with Gasteiger partial charge in [-0.25, -0.2) is 9.59 Å². The van der Waals surface area contributed by atoms with Gasteiger partial charge in [-0.15, -0.1) is 0 Å². The topological polar surface area (TPSA) is 106 Å². The van der Waals surface area contributed by atoms with Crippen molar-refractivity contribution >= 4 is 22.8 Å². The molecule has 0 unspecified atom stereocenters. The minimum atomic E-state index is -1.08. The fraction of sp³-hybridized carbons (Fsp3) is 0.476. The second-order valence-corrected chi connectivity index (χ2v) is 7.49. The van der Waals surface area contributed by atoms with Crippen molar-refractivity contribution in [1.82, 2.24) is 5.32 Å². The molecule has 0 aliphatic heterocycles. The van der Waals surface area contributed by atoms with E-state index < -0.39 is 29.6 Å². The third kappa shape index (κ3) is 4.52. The Morgan fingerprint density at radius 1 is 1.11 bits per heavy atom. The number of aliphatic carboxylic acids is 1. The first-order valence-electron chi connectivity index (χ1n) is 9.26. The molecule has 2 N–H and O–H groups in total. The summed E-state index contributed by atoms with van der Waals surface area (Å²) in [7, 11) is 0. The van der Waals surface area contributed by atoms with Crippen LogP contribution in [0.4, 0.5) is 0 Å². The van der Waals surface area contributed by atoms with Gasteiger partial charge in [0.1, 0.15) is 17.4 Å². The molecule has 2 rings (SSSR count). The monoisotopic (exact) mass is 389 g/mol. The molecule has 28 heavy (non-hydrogen) atoms. The number of hydrogen-bond acceptors (Lipinski definition) is 5. The highest BCUT2D eigenvalue weighted by molar-refractivity contribution is 5.87. The fourth-order valence-electron chi connectivity index (χ4n) is 2.98. The number of fused-ring (bicyclic) bond motifs is 1. The number of rotatable bonds is 7. The largest absolute Gasteiger partial charge is 0.480 e. The molecular weight excluding hydrogens is 362 g/mol. The summed E-state index contributed by atoms with van der Waals surface area (Å²) in [5, 5.41) is 12.6. The highest BCUT2D eigenvalue weighted by Gasteiger charge is 2.25. The number of nitrogens with one attached hydrogen (secondary N) is 1. The Hall–Kier alpha value is -2.83. The highest BCUT2D eigenvalue weighted by Crippen LogP contribution is 2.29. The van der Waals surface area contributed by atoms with Gasteiger partial charge in [0.15, 0.2) is 6.10 Å². The number of aryl methyl sites for hydroxylation is 2. The lowest BCUT2D eigenvalue weighted by Gasteiger charge is -2.21. The Morgan fingerprint density at radius 3 is 2.32 bits per heavy atom. The second-order valence-electron chi connectivity index (χ2n) is 7.49. The predicted octanol–water partition coefficient (Wildman–Crippen LogP) is 3.10. The van der Waals surface area contributed by atoms with Crippen LogP contribution in [0.3, 0.4) is 0 Å². The van der Waals surface area contributed by atoms with E-state index in [4.69, 9.17) is 9.15 Å². The number of benzene rings is 1. The van der Waals surface area contributed by atoms with Gasteiger partial charge in [0.25, 0.3) is 5.91 Å². The van der Waals surface area contributed by atoms with Gasteiger partial charge in [0.05, 0.1) is 0 Å². The molecule has 0 aliphatic carbocycles. The SMILES string of the molecule is Cc1c(C)c2ccc(O[C@@H](C)C(=O)N[C@H](CC(C)C)C(=O)O)c(C)c2oc1=O. The fourth-order valence-corrected chi connectivity index (χ4v) is 2.98. The van der Waals surface area contributed by atoms with Crippen LogP contribution in [0.5, 0.6) is 5.75 Å². The van der Waals surface area contributed by atoms with Crippen molar-refractivity contribution in [1.29, 1.82) is 0 Å². The third-order valence-corrected chi connectivity index (χ3v) is 4.82. The zero-order valence-electron chi connectivity index (χ0n) is 17.1. The van der Waals surface area contributed by atoms with Gasteiger partial charge in [0.2, 0.25) is 0 Å². The van der Waals surface area contributed by atoms with E-state index in [0.717, 1.165) is 10.9 Å². The zero-order chi connectivity index (χ0) is 21.2. The molecule has 0 spiro atoms. The molecule has 1 aromatic heterocycles. The Balaban J connectivity index is 2.25. The van der Waals surface area contributed by atoms with Crippen LogP contribution in [0.25, 0.3) is 11.0 Å². The molecule has 152 valence electrons. The molecule has 1 heterocycles. The maximum absolute atomic E-state index is 12.4. The molecule has 0 aliphatic rings. The lowest BCUT2D eigenvalue weighted by atomic mass is 10.0. The van der Waals surface area contributed by atoms with Crippen LogP contribution in [0.1, 0.15) is 43.9 Å². The standard InChI is InChI=1S/C21H27NO6/c1-10(2)9-16(20(24)25)22-19(23)14(6)27-17-8-7-15-11(3)12(4)21(26)28-18(15)13(17)5/h7-8,10,14,16H,9H2,1-6H3,(H,22,23)(H,24,25)/t14-,16+/m0/s1. The lowest BCUT2D eigenvalue weighted by molar-refractivity contribution is -0.143. The first kappa shape index (κ1) is 21.5. The number of hydrogen-bond donors (Lipinski definition) is 2. The van der Waals surface area contributed by atoms with E-state index in [1.807, 2.05) is 20.8 Å². The minimum absolute atomic E-state index is 0.120. The average molecular weight is 389 g/mol. The van der Waals surface area contributed by atoms with Crippen LogP contribution in [-0.2, 0) is 9.59 Å². The van der Waals surface area contributed by atoms with Crippen molar-refractivity contribution in [3.8, 4) is 5.75 Å². The van der Waals surface area contributed by atoms with E-state index in [0.29, 0.717) is 28.9 Å². The molecule has 2 aromatic rings. The zero-order valence-corrected chi connectivity index (χ0v) is 17.1. The molecule has 0 fully saturated rings. The van der Waals surface area contributed by atoms with Crippen LogP contribution in [-0.4, -0.2) is 29.1 Å². The van der Waals surface area contributed by atoms with E-state index >= 15 is 0 Å². The molecule has 0 saturated heterocycles. The molecule has 7 heteroatoms. The molecule has 1 amide bonds. The van der Waals surface area contributed by atoms with Crippen LogP contribution < -0.4 is 15.7 Å². The Morgan fingerprint density at radius 2 is 1.75 bits per heavy atom. The normalized spacial score (nSPS) is 13.4. The van der Waals surface area contributed by atoms with Crippen LogP contribution in [0.15, 0.2) is 21.3 Å². The van der Waals surface area contributed by atoms with Gasteiger partial charge in [-0.3, -0.25) is 4.79 Å². The van der Waals surface area contributed by atoms with Crippen LogP contribution in [0, 0.1) is 26.7 Å². The summed E-state index contributed by atoms with van der Waals surface area (Å²) in [5.41, 5.74) is 2.01. The van der Waals surface area contributed by atoms with E-state index in [1.165, 1.54) is 0 Å². The van der Waals surface area contributed by atoms with Crippen molar-refractivity contribution in [2.75, 3.05) is 0 Å². The Kier molecular flexibility index (Phi) is 6.48. The number of carbonyl (C=O) groups is 2. The number of amides is 1. The minimum Gasteiger partial charge on any atom is -0.480 e. The number of ether oxygens (including phenoxy) is 1. The number of carboxylic acid groups (broad SMARTS) is 1. The molecule has 7 nitrogen and oxygen atoms in total. The van der Waals surface area contributed by atoms with Gasteiger partial charge in [-0.1, -0.05) is 13.8 Å². The third-order valence-electron chi connectivity index (χ3n) is 4.82. The van der Waals surface area contributed by atoms with Crippen molar-refractivity contribution in [2.24, 2.45) is 5.92 Å². The highest BCUT2D eigenvalue weighted by atomic mass is 16.5. The summed E-state index contributed by atoms with van der Waals surface area (Å²) >= 11 is 0. The maximum atomic E-state index is 12.4. The first-order chi connectivity index (χ1) is 13.0. The quantitative estimate of drug-likeness (QED) is 0.705. The molecule has 0 bridgehead atoms. The number of carboxylic acids is 1. The van der Waals surface area contributed by atoms with E-state index in [2.05, 4.69) is 5.32 Å². The summed E-state index contributed by atoms with van der Waals surface area (Å²) in [5.74, 6) is -1.08. The predicted molar refractivity (Wildman–Crippen MR) is 106 cm³/mol. The molecular formula is C21H27NO6. The average Bonchev–Trinajstić information content (AvgIpc) is 2.61. The summed E-state index contributed by atoms with van der Waals surface area (Å²) in [6.45, 7) is 10.6. The van der Waals surface area contributed by atoms with Crippen molar-refractivity contribution in [3.05, 3.63) is 39.2 Å². The van der Waals surface area contributed by atoms with E-state index in [-0.39, 0.29) is 5.92 Å². The van der Waals surface area contributed by atoms with Gasteiger partial charge in [-0.2, -0.15) is 0 Å². The second kappa shape index (κ2) is 8.46. The molecule has 0 saturated carbocycles. The molecule has 0 radical (unpaired) electrons. The summed E-state index contributed by atoms with van der Waals surface area (Å²) in [6.07, 6.45) is -0.588. The smallest absolute Gasteiger partial charge is 0.339 e. The van der Waals surface area contributed by atoms with Crippen LogP contribution in [0.2, 0.25) is 0 Å². The van der Waals surface area contributed by atoms with Gasteiger partial charge >= 0.3 is 11.6 Å². The van der Waals surface area contributed by atoms with E-state index in [9.17, 15) is 19.5 Å². The van der Waals surface area contributed by atoms with Crippen molar-refractivity contribution < 1.29 is 23.8 Å². The summed E-state index contributed by atoms with van der Waals surface area (Å²) in [4.78, 5) is 35.7. The Labute approximate surface area is 163 Å². The van der Waals surface area contributed by atoms with Gasteiger partial charge in [-0.05, 0) is 57.7 Å². The van der Waals surface area contributed by atoms with Gasteiger partial charge < -0.3 is 19.6 Å². The van der Waals surface area contributed by atoms with Gasteiger partial charge in [0, 0.05) is 16.5 Å². The maximum Gasteiger partial charge on any atom is 0.339 e. The Bertz CT molecular complexity index is 960. The summed E-state index contributed by atoms with van der Waals surface area (Å²) < 4.78 is 11.2. The first-order valence-corrected chi connectivity index (χ1v) is 9.26. The van der Waals surface area contributed by atoms with Crippen molar-refractivity contribution in [3.63, 3.8) is 0 Å².